The van der Waals surface area contributed by atoms with Gasteiger partial charge in [0.05, 0.1) is 50.5 Å². The highest BCUT2D eigenvalue weighted by Gasteiger charge is 2.37. The number of amides is 1. The summed E-state index contributed by atoms with van der Waals surface area (Å²) in [5.74, 6) is 0.285. The molecule has 0 aliphatic carbocycles. The van der Waals surface area contributed by atoms with E-state index in [9.17, 15) is 14.7 Å². The van der Waals surface area contributed by atoms with Gasteiger partial charge in [-0.3, -0.25) is 9.36 Å². The van der Waals surface area contributed by atoms with Crippen LogP contribution in [0.2, 0.25) is 0 Å². The van der Waals surface area contributed by atoms with Crippen molar-refractivity contribution < 1.29 is 38.3 Å². The van der Waals surface area contributed by atoms with Crippen LogP contribution in [-0.2, 0) is 23.5 Å². The van der Waals surface area contributed by atoms with Crippen LogP contribution >= 0.6 is 9.03 Å². The molecule has 1 aliphatic heterocycles. The first-order valence-electron chi connectivity index (χ1n) is 16.8. The number of rotatable bonds is 23. The van der Waals surface area contributed by atoms with E-state index in [1.807, 2.05) is 43.3 Å². The van der Waals surface area contributed by atoms with Crippen LogP contribution in [0.1, 0.15) is 35.8 Å². The van der Waals surface area contributed by atoms with Gasteiger partial charge in [-0.2, -0.15) is 15.2 Å². The van der Waals surface area contributed by atoms with E-state index >= 15 is 0 Å². The fourth-order valence-corrected chi connectivity index (χ4v) is 5.36. The summed E-state index contributed by atoms with van der Waals surface area (Å²) in [6, 6.07) is 16.4. The molecule has 17 heteroatoms. The second-order valence-electron chi connectivity index (χ2n) is 11.7. The summed E-state index contributed by atoms with van der Waals surface area (Å²) in [6.07, 6.45) is 1.56. The highest BCUT2D eigenvalue weighted by molar-refractivity contribution is 7.25. The van der Waals surface area contributed by atoms with Crippen molar-refractivity contribution in [3.8, 4) is 0 Å². The number of aliphatic hydroxyl groups is 1. The Morgan fingerprint density at radius 1 is 0.941 bits per heavy atom. The van der Waals surface area contributed by atoms with Crippen molar-refractivity contribution in [2.24, 2.45) is 10.2 Å². The Morgan fingerprint density at radius 2 is 1.55 bits per heavy atom. The number of ether oxygens (including phenoxy) is 4. The zero-order valence-corrected chi connectivity index (χ0v) is 30.0. The van der Waals surface area contributed by atoms with Crippen LogP contribution in [-0.4, -0.2) is 111 Å². The largest absolute Gasteiger partial charge is 0.394 e. The molecule has 1 fully saturated rings. The molecule has 0 bridgehead atoms. The SMILES string of the molecule is CN(C)c1ccc(/N=N/c2ccc(C(=O)NCCCOCCOCCOCCCNc3ccn([C@H]4CC(OPO)[C@@H](CO)O4)c(=O)n3)cc2)cc1. The lowest BCUT2D eigenvalue weighted by molar-refractivity contribution is -0.0412. The molecular weight excluding hydrogens is 681 g/mol. The van der Waals surface area contributed by atoms with Crippen LogP contribution in [0, 0.1) is 0 Å². The Hall–Kier alpha value is -3.86. The maximum atomic E-state index is 12.5. The molecule has 4 atom stereocenters. The van der Waals surface area contributed by atoms with Crippen molar-refractivity contribution >= 4 is 37.8 Å². The lowest BCUT2D eigenvalue weighted by atomic mass is 10.2. The summed E-state index contributed by atoms with van der Waals surface area (Å²) >= 11 is 0. The van der Waals surface area contributed by atoms with E-state index in [1.165, 1.54) is 4.57 Å². The van der Waals surface area contributed by atoms with Crippen LogP contribution in [0.5, 0.6) is 0 Å². The Balaban J connectivity index is 0.955. The van der Waals surface area contributed by atoms with Gasteiger partial charge >= 0.3 is 5.69 Å². The second-order valence-corrected chi connectivity index (χ2v) is 12.1. The quantitative estimate of drug-likeness (QED) is 0.0632. The highest BCUT2D eigenvalue weighted by Crippen LogP contribution is 2.32. The Kier molecular flexibility index (Phi) is 17.3. The first kappa shape index (κ1) is 39.9. The molecule has 4 rings (SSSR count). The highest BCUT2D eigenvalue weighted by atomic mass is 31.1. The third-order valence-electron chi connectivity index (χ3n) is 7.75. The second kappa shape index (κ2) is 22.2. The molecule has 0 saturated carbocycles. The third kappa shape index (κ3) is 13.7. The lowest BCUT2D eigenvalue weighted by Crippen LogP contribution is -2.28. The number of carbonyl (C=O) groups is 1. The Morgan fingerprint density at radius 3 is 2.14 bits per heavy atom. The molecule has 51 heavy (non-hydrogen) atoms. The number of hydrogen-bond donors (Lipinski definition) is 4. The molecule has 1 amide bonds. The smallest absolute Gasteiger partial charge is 0.351 e. The maximum absolute atomic E-state index is 12.5. The monoisotopic (exact) mass is 729 g/mol. The number of carbonyl (C=O) groups excluding carboxylic acids is 1. The zero-order valence-electron chi connectivity index (χ0n) is 29.0. The average Bonchev–Trinajstić information content (AvgIpc) is 3.55. The Labute approximate surface area is 299 Å². The maximum Gasteiger partial charge on any atom is 0.351 e. The number of nitrogens with one attached hydrogen (secondary N) is 2. The molecule has 2 unspecified atom stereocenters. The van der Waals surface area contributed by atoms with E-state index in [1.54, 1.807) is 36.5 Å². The topological polar surface area (TPSA) is 191 Å². The average molecular weight is 730 g/mol. The standard InChI is InChI=1S/C34H48N7O9P/c1-40(2)28-11-9-27(10-12-28)39-38-26-7-5-25(6-8-26)33(43)36-15-4-18-47-20-22-48-21-19-46-17-3-14-35-31-13-16-41(34(44)37-31)32-23-29(50-51-45)30(24-42)49-32/h5-13,16,29-30,32,42,45,51H,3-4,14-15,17-24H2,1-2H3,(H,36,43)(H,35,37,44)/b39-38+/t29?,30-,32-/m1/s1. The van der Waals surface area contributed by atoms with Gasteiger partial charge < -0.3 is 49.0 Å². The first-order chi connectivity index (χ1) is 24.9. The Bertz CT molecular complexity index is 1540. The van der Waals surface area contributed by atoms with Crippen LogP contribution < -0.4 is 21.2 Å². The van der Waals surface area contributed by atoms with Crippen molar-refractivity contribution in [2.75, 3.05) is 83.6 Å². The predicted octanol–water partition coefficient (Wildman–Crippen LogP) is 3.56. The van der Waals surface area contributed by atoms with E-state index in [0.717, 1.165) is 11.4 Å². The van der Waals surface area contributed by atoms with Gasteiger partial charge in [0.25, 0.3) is 5.91 Å². The van der Waals surface area contributed by atoms with Crippen LogP contribution in [0.25, 0.3) is 0 Å². The summed E-state index contributed by atoms with van der Waals surface area (Å²) in [6.45, 7) is 3.60. The molecule has 1 aliphatic rings. The number of benzene rings is 2. The van der Waals surface area contributed by atoms with Gasteiger partial charge in [0.15, 0.2) is 9.03 Å². The minimum atomic E-state index is -0.726. The number of hydrogen-bond acceptors (Lipinski definition) is 14. The molecule has 278 valence electrons. The van der Waals surface area contributed by atoms with Crippen molar-refractivity contribution in [3.63, 3.8) is 0 Å². The molecule has 0 spiro atoms. The molecular formula is C34H48N7O9P. The molecule has 4 N–H and O–H groups in total. The van der Waals surface area contributed by atoms with Gasteiger partial charge in [-0.05, 0) is 67.4 Å². The third-order valence-corrected chi connectivity index (χ3v) is 8.16. The zero-order chi connectivity index (χ0) is 36.3. The number of azo groups is 1. The number of aliphatic hydroxyl groups excluding tert-OH is 1. The summed E-state index contributed by atoms with van der Waals surface area (Å²) in [5.41, 5.74) is 2.57. The fraction of sp³-hybridized carbons (Fsp3) is 0.500. The van der Waals surface area contributed by atoms with E-state index in [0.29, 0.717) is 89.1 Å². The van der Waals surface area contributed by atoms with Crippen molar-refractivity contribution in [3.05, 3.63) is 76.8 Å². The van der Waals surface area contributed by atoms with Gasteiger partial charge in [-0.25, -0.2) is 4.79 Å². The number of aromatic nitrogens is 2. The molecule has 1 saturated heterocycles. The summed E-state index contributed by atoms with van der Waals surface area (Å²) in [5, 5.41) is 23.9. The van der Waals surface area contributed by atoms with E-state index in [-0.39, 0.29) is 12.5 Å². The predicted molar refractivity (Wildman–Crippen MR) is 193 cm³/mol. The van der Waals surface area contributed by atoms with Crippen LogP contribution in [0.4, 0.5) is 22.9 Å². The van der Waals surface area contributed by atoms with Crippen molar-refractivity contribution in [1.29, 1.82) is 0 Å². The van der Waals surface area contributed by atoms with E-state index in [2.05, 4.69) is 25.8 Å². The first-order valence-corrected chi connectivity index (χ1v) is 17.7. The number of anilines is 2. The van der Waals surface area contributed by atoms with Gasteiger partial charge in [0, 0.05) is 64.3 Å². The number of nitrogens with zero attached hydrogens (tertiary/aromatic N) is 5. The normalized spacial score (nSPS) is 17.5. The fourth-order valence-electron chi connectivity index (χ4n) is 4.98. The van der Waals surface area contributed by atoms with Gasteiger partial charge in [0.2, 0.25) is 0 Å². The van der Waals surface area contributed by atoms with Gasteiger partial charge in [-0.1, -0.05) is 0 Å². The van der Waals surface area contributed by atoms with Gasteiger partial charge in [-0.15, -0.1) is 0 Å². The van der Waals surface area contributed by atoms with Crippen LogP contribution in [0.15, 0.2) is 75.8 Å². The molecule has 0 radical (unpaired) electrons. The molecule has 16 nitrogen and oxygen atoms in total. The van der Waals surface area contributed by atoms with Crippen molar-refractivity contribution in [2.45, 2.75) is 37.7 Å². The van der Waals surface area contributed by atoms with E-state index < -0.39 is 33.2 Å². The van der Waals surface area contributed by atoms with E-state index in [4.69, 9.17) is 28.4 Å². The summed E-state index contributed by atoms with van der Waals surface area (Å²) < 4.78 is 28.9. The van der Waals surface area contributed by atoms with Crippen molar-refractivity contribution in [1.82, 2.24) is 14.9 Å². The van der Waals surface area contributed by atoms with Crippen LogP contribution in [0.3, 0.4) is 0 Å². The molecule has 2 aromatic carbocycles. The molecule has 3 aromatic rings. The molecule has 1 aromatic heterocycles. The minimum absolute atomic E-state index is 0.156. The summed E-state index contributed by atoms with van der Waals surface area (Å²) in [4.78, 5) is 40.0. The molecule has 2 heterocycles. The minimum Gasteiger partial charge on any atom is -0.394 e. The van der Waals surface area contributed by atoms with Gasteiger partial charge in [0.1, 0.15) is 18.1 Å². The lowest BCUT2D eigenvalue weighted by Gasteiger charge is -2.15. The summed E-state index contributed by atoms with van der Waals surface area (Å²) in [7, 11) is 3.24.